The Kier molecular flexibility index (Phi) is 5.56. The molecule has 0 aliphatic heterocycles. The minimum absolute atomic E-state index is 0.366. The topological polar surface area (TPSA) is 38.3 Å². The van der Waals surface area contributed by atoms with Crippen LogP contribution in [0.25, 0.3) is 0 Å². The van der Waals surface area contributed by atoms with Crippen LogP contribution in [0.1, 0.15) is 13.8 Å². The number of rotatable bonds is 6. The highest BCUT2D eigenvalue weighted by atomic mass is 19.3. The van der Waals surface area contributed by atoms with Crippen molar-refractivity contribution in [3.8, 4) is 0 Å². The number of alkyl halides is 4. The maximum atomic E-state index is 12.3. The number of hydrogen-bond donors (Lipinski definition) is 1. The first kappa shape index (κ1) is 14.2. The molecule has 0 saturated carbocycles. The molecular formula is C8H13F4NO2. The molecule has 0 aromatic rings. The molecule has 0 aromatic carbocycles. The van der Waals surface area contributed by atoms with Gasteiger partial charge in [-0.1, -0.05) is 0 Å². The van der Waals surface area contributed by atoms with E-state index < -0.39 is 31.4 Å². The number of esters is 1. The molecule has 0 bridgehead atoms. The molecule has 0 atom stereocenters. The summed E-state index contributed by atoms with van der Waals surface area (Å²) in [5, 5.41) is 1.91. The Hall–Kier alpha value is -0.850. The van der Waals surface area contributed by atoms with Crippen LogP contribution in [0.3, 0.4) is 0 Å². The molecule has 0 fully saturated rings. The Labute approximate surface area is 84.8 Å². The van der Waals surface area contributed by atoms with E-state index in [4.69, 9.17) is 0 Å². The molecule has 0 spiro atoms. The van der Waals surface area contributed by atoms with Gasteiger partial charge in [0.15, 0.2) is 0 Å². The Bertz CT molecular complexity index is 209. The van der Waals surface area contributed by atoms with Gasteiger partial charge in [-0.15, -0.1) is 0 Å². The van der Waals surface area contributed by atoms with Gasteiger partial charge in [-0.05, 0) is 13.8 Å². The van der Waals surface area contributed by atoms with Crippen molar-refractivity contribution in [1.29, 1.82) is 0 Å². The minimum Gasteiger partial charge on any atom is -0.462 e. The number of ether oxygens (including phenoxy) is 1. The normalized spacial score (nSPS) is 12.3. The molecule has 0 heterocycles. The van der Waals surface area contributed by atoms with Crippen molar-refractivity contribution in [3.63, 3.8) is 0 Å². The van der Waals surface area contributed by atoms with Crippen LogP contribution < -0.4 is 5.32 Å². The van der Waals surface area contributed by atoms with Crippen molar-refractivity contribution in [1.82, 2.24) is 5.32 Å². The average Bonchev–Trinajstić information content (AvgIpc) is 2.01. The predicted octanol–water partition coefficient (Wildman–Crippen LogP) is 1.43. The first-order valence-corrected chi connectivity index (χ1v) is 4.32. The molecule has 0 amide bonds. The van der Waals surface area contributed by atoms with Gasteiger partial charge < -0.3 is 10.1 Å². The molecular weight excluding hydrogens is 218 g/mol. The van der Waals surface area contributed by atoms with E-state index in [2.05, 4.69) is 4.74 Å². The van der Waals surface area contributed by atoms with E-state index in [-0.39, 0.29) is 6.10 Å². The second-order valence-corrected chi connectivity index (χ2v) is 3.20. The summed E-state index contributed by atoms with van der Waals surface area (Å²) in [6.45, 7) is 1.41. The fourth-order valence-corrected chi connectivity index (χ4v) is 0.713. The number of carbonyl (C=O) groups is 1. The summed E-state index contributed by atoms with van der Waals surface area (Å²) in [5.41, 5.74) is 0. The van der Waals surface area contributed by atoms with Gasteiger partial charge in [-0.3, -0.25) is 4.79 Å². The zero-order chi connectivity index (χ0) is 12.1. The van der Waals surface area contributed by atoms with Gasteiger partial charge in [0.25, 0.3) is 0 Å². The molecule has 7 heteroatoms. The maximum Gasteiger partial charge on any atom is 0.320 e. The maximum absolute atomic E-state index is 12.3. The highest BCUT2D eigenvalue weighted by Gasteiger charge is 2.40. The van der Waals surface area contributed by atoms with Crippen LogP contribution in [0, 0.1) is 0 Å². The van der Waals surface area contributed by atoms with Crippen molar-refractivity contribution in [2.75, 3.05) is 13.1 Å². The Morgan fingerprint density at radius 3 is 2.33 bits per heavy atom. The number of hydrogen-bond acceptors (Lipinski definition) is 3. The first-order valence-electron chi connectivity index (χ1n) is 4.32. The van der Waals surface area contributed by atoms with Crippen molar-refractivity contribution < 1.29 is 27.1 Å². The number of nitrogens with one attached hydrogen (secondary N) is 1. The van der Waals surface area contributed by atoms with Crippen LogP contribution in [-0.2, 0) is 9.53 Å². The quantitative estimate of drug-likeness (QED) is 0.555. The molecule has 1 N–H and O–H groups in total. The first-order chi connectivity index (χ1) is 6.75. The van der Waals surface area contributed by atoms with Crippen LogP contribution >= 0.6 is 0 Å². The van der Waals surface area contributed by atoms with Crippen molar-refractivity contribution in [2.24, 2.45) is 0 Å². The van der Waals surface area contributed by atoms with Crippen LogP contribution in [0.2, 0.25) is 0 Å². The van der Waals surface area contributed by atoms with Gasteiger partial charge >= 0.3 is 18.3 Å². The van der Waals surface area contributed by atoms with Crippen molar-refractivity contribution >= 4 is 5.97 Å². The lowest BCUT2D eigenvalue weighted by molar-refractivity contribution is -0.148. The smallest absolute Gasteiger partial charge is 0.320 e. The zero-order valence-corrected chi connectivity index (χ0v) is 8.40. The van der Waals surface area contributed by atoms with E-state index in [1.807, 2.05) is 5.32 Å². The highest BCUT2D eigenvalue weighted by Crippen LogP contribution is 2.21. The molecule has 0 rings (SSSR count). The summed E-state index contributed by atoms with van der Waals surface area (Å²) in [7, 11) is 0. The van der Waals surface area contributed by atoms with E-state index in [1.54, 1.807) is 13.8 Å². The fourth-order valence-electron chi connectivity index (χ4n) is 0.713. The highest BCUT2D eigenvalue weighted by molar-refractivity contribution is 5.71. The zero-order valence-electron chi connectivity index (χ0n) is 8.40. The lowest BCUT2D eigenvalue weighted by atomic mass is 10.3. The monoisotopic (exact) mass is 231 g/mol. The molecule has 0 radical (unpaired) electrons. The molecule has 0 aliphatic rings. The van der Waals surface area contributed by atoms with E-state index in [9.17, 15) is 22.4 Å². The summed E-state index contributed by atoms with van der Waals surface area (Å²) in [5.74, 6) is -4.88. The van der Waals surface area contributed by atoms with E-state index in [0.29, 0.717) is 0 Å². The van der Waals surface area contributed by atoms with Gasteiger partial charge in [0.1, 0.15) is 0 Å². The van der Waals surface area contributed by atoms with E-state index in [0.717, 1.165) is 0 Å². The summed E-state index contributed by atoms with van der Waals surface area (Å²) in [6.07, 6.45) is -4.11. The second kappa shape index (κ2) is 5.89. The summed E-state index contributed by atoms with van der Waals surface area (Å²) < 4.78 is 52.5. The van der Waals surface area contributed by atoms with Crippen LogP contribution in [-0.4, -0.2) is 37.5 Å². The Balaban J connectivity index is 3.75. The molecule has 0 saturated heterocycles. The van der Waals surface area contributed by atoms with Gasteiger partial charge in [0.2, 0.25) is 0 Å². The molecule has 3 nitrogen and oxygen atoms in total. The van der Waals surface area contributed by atoms with Gasteiger partial charge in [-0.25, -0.2) is 8.78 Å². The third-order valence-corrected chi connectivity index (χ3v) is 1.32. The average molecular weight is 231 g/mol. The van der Waals surface area contributed by atoms with Gasteiger partial charge in [0, 0.05) is 0 Å². The molecule has 0 aliphatic carbocycles. The number of carbonyl (C=O) groups excluding carboxylic acids is 1. The third-order valence-electron chi connectivity index (χ3n) is 1.32. The van der Waals surface area contributed by atoms with Crippen LogP contribution in [0.4, 0.5) is 17.6 Å². The van der Waals surface area contributed by atoms with E-state index in [1.165, 1.54) is 0 Å². The van der Waals surface area contributed by atoms with Crippen LogP contribution in [0.5, 0.6) is 0 Å². The lowest BCUT2D eigenvalue weighted by Crippen LogP contribution is -2.41. The van der Waals surface area contributed by atoms with Crippen LogP contribution in [0.15, 0.2) is 0 Å². The Morgan fingerprint density at radius 2 is 1.93 bits per heavy atom. The lowest BCUT2D eigenvalue weighted by Gasteiger charge is -2.15. The molecule has 0 unspecified atom stereocenters. The minimum atomic E-state index is -4.13. The van der Waals surface area contributed by atoms with Gasteiger partial charge in [0.05, 0.1) is 19.2 Å². The van der Waals surface area contributed by atoms with Gasteiger partial charge in [-0.2, -0.15) is 8.78 Å². The van der Waals surface area contributed by atoms with Crippen molar-refractivity contribution in [2.45, 2.75) is 32.3 Å². The standard InChI is InChI=1S/C8H13F4NO2/c1-5(2)15-6(14)3-13-4-8(11,12)7(9)10/h5,7,13H,3-4H2,1-2H3. The second-order valence-electron chi connectivity index (χ2n) is 3.20. The largest absolute Gasteiger partial charge is 0.462 e. The summed E-state index contributed by atoms with van der Waals surface area (Å²) in [4.78, 5) is 10.8. The van der Waals surface area contributed by atoms with E-state index >= 15 is 0 Å². The third kappa shape index (κ3) is 6.27. The SMILES string of the molecule is CC(C)OC(=O)CNCC(F)(F)C(F)F. The molecule has 0 aromatic heterocycles. The predicted molar refractivity (Wildman–Crippen MR) is 45.0 cm³/mol. The molecule has 15 heavy (non-hydrogen) atoms. The fraction of sp³-hybridized carbons (Fsp3) is 0.875. The molecule has 90 valence electrons. The number of halogens is 4. The summed E-state index contributed by atoms with van der Waals surface area (Å²) in [6, 6.07) is 0. The van der Waals surface area contributed by atoms with Crippen molar-refractivity contribution in [3.05, 3.63) is 0 Å². The Morgan fingerprint density at radius 1 is 1.40 bits per heavy atom. The summed E-state index contributed by atoms with van der Waals surface area (Å²) >= 11 is 0.